The zero-order valence-electron chi connectivity index (χ0n) is 13.8. The highest BCUT2D eigenvalue weighted by Gasteiger charge is 2.21. The Kier molecular flexibility index (Phi) is 5.82. The normalized spacial score (nSPS) is 21.9. The lowest BCUT2D eigenvalue weighted by Gasteiger charge is -2.23. The van der Waals surface area contributed by atoms with Gasteiger partial charge in [-0.3, -0.25) is 9.59 Å². The van der Waals surface area contributed by atoms with Gasteiger partial charge in [0.05, 0.1) is 13.2 Å². The highest BCUT2D eigenvalue weighted by molar-refractivity contribution is 5.97. The molecule has 0 radical (unpaired) electrons. The van der Waals surface area contributed by atoms with Crippen molar-refractivity contribution in [1.82, 2.24) is 10.6 Å². The maximum atomic E-state index is 12.3. The van der Waals surface area contributed by atoms with Crippen molar-refractivity contribution in [2.24, 2.45) is 0 Å². The van der Waals surface area contributed by atoms with Gasteiger partial charge in [0.15, 0.2) is 0 Å². The van der Waals surface area contributed by atoms with Crippen LogP contribution in [0.4, 0.5) is 5.69 Å². The summed E-state index contributed by atoms with van der Waals surface area (Å²) in [6.45, 7) is 1.70. The fourth-order valence-electron chi connectivity index (χ4n) is 3.18. The van der Waals surface area contributed by atoms with Gasteiger partial charge in [0.1, 0.15) is 6.04 Å². The molecule has 1 aromatic rings. The van der Waals surface area contributed by atoms with Crippen LogP contribution in [0, 0.1) is 0 Å². The number of amides is 2. The molecule has 6 heteroatoms. The van der Waals surface area contributed by atoms with E-state index >= 15 is 0 Å². The lowest BCUT2D eigenvalue weighted by molar-refractivity contribution is -0.120. The largest absolute Gasteiger partial charge is 0.378 e. The minimum Gasteiger partial charge on any atom is -0.378 e. The number of anilines is 1. The van der Waals surface area contributed by atoms with Crippen LogP contribution < -0.4 is 16.0 Å². The molecule has 1 aliphatic heterocycles. The minimum absolute atomic E-state index is 0.0397. The molecule has 6 nitrogen and oxygen atoms in total. The van der Waals surface area contributed by atoms with Gasteiger partial charge in [-0.15, -0.1) is 0 Å². The average Bonchev–Trinajstić information content (AvgIpc) is 2.64. The predicted octanol–water partition coefficient (Wildman–Crippen LogP) is 1.68. The summed E-state index contributed by atoms with van der Waals surface area (Å²) in [6, 6.07) is 6.99. The second-order valence-corrected chi connectivity index (χ2v) is 6.46. The third-order valence-electron chi connectivity index (χ3n) is 4.59. The van der Waals surface area contributed by atoms with Gasteiger partial charge in [-0.2, -0.15) is 0 Å². The SMILES string of the molecule is O=C(NC1CCCCC1)c1ccc(NC(=O)C2COCCN2)cc1. The van der Waals surface area contributed by atoms with Gasteiger partial charge in [-0.05, 0) is 37.1 Å². The number of hydrogen-bond acceptors (Lipinski definition) is 4. The summed E-state index contributed by atoms with van der Waals surface area (Å²) >= 11 is 0. The summed E-state index contributed by atoms with van der Waals surface area (Å²) < 4.78 is 5.29. The smallest absolute Gasteiger partial charge is 0.251 e. The van der Waals surface area contributed by atoms with Gasteiger partial charge in [-0.1, -0.05) is 19.3 Å². The van der Waals surface area contributed by atoms with Gasteiger partial charge in [-0.25, -0.2) is 0 Å². The van der Waals surface area contributed by atoms with E-state index in [2.05, 4.69) is 16.0 Å². The number of morpholine rings is 1. The molecule has 1 aliphatic carbocycles. The van der Waals surface area contributed by atoms with Gasteiger partial charge in [0.25, 0.3) is 5.91 Å². The third kappa shape index (κ3) is 4.55. The van der Waals surface area contributed by atoms with Crippen molar-refractivity contribution >= 4 is 17.5 Å². The van der Waals surface area contributed by atoms with Gasteiger partial charge in [0, 0.05) is 23.8 Å². The first kappa shape index (κ1) is 16.9. The van der Waals surface area contributed by atoms with Crippen molar-refractivity contribution in [3.8, 4) is 0 Å². The van der Waals surface area contributed by atoms with Crippen LogP contribution in [0.1, 0.15) is 42.5 Å². The zero-order valence-corrected chi connectivity index (χ0v) is 13.8. The van der Waals surface area contributed by atoms with Gasteiger partial charge < -0.3 is 20.7 Å². The molecule has 2 aliphatic rings. The van der Waals surface area contributed by atoms with Gasteiger partial charge in [0.2, 0.25) is 5.91 Å². The molecule has 1 atom stereocenters. The van der Waals surface area contributed by atoms with Crippen molar-refractivity contribution in [2.45, 2.75) is 44.2 Å². The van der Waals surface area contributed by atoms with Crippen LogP contribution in [0.15, 0.2) is 24.3 Å². The highest BCUT2D eigenvalue weighted by atomic mass is 16.5. The van der Waals surface area contributed by atoms with Crippen LogP contribution in [0.3, 0.4) is 0 Å². The first-order chi connectivity index (χ1) is 11.7. The summed E-state index contributed by atoms with van der Waals surface area (Å²) in [5.74, 6) is -0.156. The Labute approximate surface area is 142 Å². The van der Waals surface area contributed by atoms with E-state index in [4.69, 9.17) is 4.74 Å². The van der Waals surface area contributed by atoms with Crippen LogP contribution in [0.5, 0.6) is 0 Å². The van der Waals surface area contributed by atoms with E-state index in [1.165, 1.54) is 19.3 Å². The molecule has 0 aromatic heterocycles. The molecule has 130 valence electrons. The molecule has 1 heterocycles. The molecule has 1 aromatic carbocycles. The summed E-state index contributed by atoms with van der Waals surface area (Å²) in [4.78, 5) is 24.4. The Morgan fingerprint density at radius 1 is 1.08 bits per heavy atom. The van der Waals surface area contributed by atoms with E-state index in [-0.39, 0.29) is 17.9 Å². The summed E-state index contributed by atoms with van der Waals surface area (Å²) in [6.07, 6.45) is 5.78. The van der Waals surface area contributed by atoms with Crippen molar-refractivity contribution in [2.75, 3.05) is 25.1 Å². The zero-order chi connectivity index (χ0) is 16.8. The van der Waals surface area contributed by atoms with E-state index in [1.807, 2.05) is 0 Å². The van der Waals surface area contributed by atoms with Crippen LogP contribution >= 0.6 is 0 Å². The number of ether oxygens (including phenoxy) is 1. The average molecular weight is 331 g/mol. The molecule has 3 rings (SSSR count). The molecule has 24 heavy (non-hydrogen) atoms. The molecule has 0 spiro atoms. The fourth-order valence-corrected chi connectivity index (χ4v) is 3.18. The summed E-state index contributed by atoms with van der Waals surface area (Å²) in [7, 11) is 0. The van der Waals surface area contributed by atoms with E-state index in [1.54, 1.807) is 24.3 Å². The Morgan fingerprint density at radius 3 is 2.50 bits per heavy atom. The first-order valence-corrected chi connectivity index (χ1v) is 8.75. The Morgan fingerprint density at radius 2 is 1.83 bits per heavy atom. The number of benzene rings is 1. The van der Waals surface area contributed by atoms with Crippen LogP contribution in [0.25, 0.3) is 0 Å². The van der Waals surface area contributed by atoms with E-state index in [9.17, 15) is 9.59 Å². The molecular formula is C18H25N3O3. The summed E-state index contributed by atoms with van der Waals surface area (Å²) in [5, 5.41) is 9.05. The first-order valence-electron chi connectivity index (χ1n) is 8.75. The van der Waals surface area contributed by atoms with Crippen molar-refractivity contribution in [3.05, 3.63) is 29.8 Å². The van der Waals surface area contributed by atoms with Crippen molar-refractivity contribution < 1.29 is 14.3 Å². The molecule has 1 saturated heterocycles. The number of carbonyl (C=O) groups excluding carboxylic acids is 2. The van der Waals surface area contributed by atoms with Crippen molar-refractivity contribution in [1.29, 1.82) is 0 Å². The third-order valence-corrected chi connectivity index (χ3v) is 4.59. The fraction of sp³-hybridized carbons (Fsp3) is 0.556. The Balaban J connectivity index is 1.52. The van der Waals surface area contributed by atoms with E-state index in [0.717, 1.165) is 12.8 Å². The number of carbonyl (C=O) groups is 2. The van der Waals surface area contributed by atoms with Crippen LogP contribution in [-0.4, -0.2) is 43.7 Å². The van der Waals surface area contributed by atoms with E-state index in [0.29, 0.717) is 37.1 Å². The van der Waals surface area contributed by atoms with Gasteiger partial charge >= 0.3 is 0 Å². The van der Waals surface area contributed by atoms with E-state index < -0.39 is 0 Å². The van der Waals surface area contributed by atoms with Crippen molar-refractivity contribution in [3.63, 3.8) is 0 Å². The maximum Gasteiger partial charge on any atom is 0.251 e. The molecule has 0 bridgehead atoms. The molecule has 1 saturated carbocycles. The minimum atomic E-state index is -0.326. The topological polar surface area (TPSA) is 79.5 Å². The Hall–Kier alpha value is -1.92. The van der Waals surface area contributed by atoms with Crippen LogP contribution in [0.2, 0.25) is 0 Å². The second-order valence-electron chi connectivity index (χ2n) is 6.46. The Bertz CT molecular complexity index is 561. The molecule has 1 unspecified atom stereocenters. The molecule has 2 amide bonds. The monoisotopic (exact) mass is 331 g/mol. The highest BCUT2D eigenvalue weighted by Crippen LogP contribution is 2.18. The number of hydrogen-bond donors (Lipinski definition) is 3. The number of rotatable bonds is 4. The summed E-state index contributed by atoms with van der Waals surface area (Å²) in [5.41, 5.74) is 1.30. The standard InChI is InChI=1S/C18H25N3O3/c22-17(20-14-4-2-1-3-5-14)13-6-8-15(9-7-13)21-18(23)16-12-24-11-10-19-16/h6-9,14,16,19H,1-5,10-12H2,(H,20,22)(H,21,23). The number of nitrogens with one attached hydrogen (secondary N) is 3. The molecule has 3 N–H and O–H groups in total. The molecular weight excluding hydrogens is 306 g/mol. The lowest BCUT2D eigenvalue weighted by Crippen LogP contribution is -2.48. The van der Waals surface area contributed by atoms with Crippen LogP contribution in [-0.2, 0) is 9.53 Å². The lowest BCUT2D eigenvalue weighted by atomic mass is 9.95. The molecule has 2 fully saturated rings. The quantitative estimate of drug-likeness (QED) is 0.784. The second kappa shape index (κ2) is 8.26. The maximum absolute atomic E-state index is 12.3. The predicted molar refractivity (Wildman–Crippen MR) is 92.0 cm³/mol.